The number of halogens is 2. The zero-order chi connectivity index (χ0) is 20.5. The molecule has 1 amide bonds. The minimum Gasteiger partial charge on any atom is -0.452 e. The molecule has 1 N–H and O–H groups in total. The molecule has 1 atom stereocenters. The molecule has 1 aliphatic carbocycles. The molecule has 1 aromatic rings. The molecule has 1 aromatic carbocycles. The fourth-order valence-corrected chi connectivity index (χ4v) is 4.87. The lowest BCUT2D eigenvalue weighted by atomic mass is 10.2. The second-order valence-corrected chi connectivity index (χ2v) is 9.25. The molecule has 8 nitrogen and oxygen atoms in total. The summed E-state index contributed by atoms with van der Waals surface area (Å²) in [4.78, 5) is 25.9. The molecule has 11 heteroatoms. The largest absolute Gasteiger partial charge is 0.452 e. The van der Waals surface area contributed by atoms with Crippen molar-refractivity contribution in [2.24, 2.45) is 0 Å². The lowest BCUT2D eigenvalue weighted by Crippen LogP contribution is -2.46. The van der Waals surface area contributed by atoms with E-state index < -0.39 is 22.6 Å². The average Bonchev–Trinajstić information content (AvgIpc) is 3.42. The van der Waals surface area contributed by atoms with Crippen LogP contribution in [0.4, 0.5) is 0 Å². The van der Waals surface area contributed by atoms with Crippen molar-refractivity contribution < 1.29 is 27.5 Å². The van der Waals surface area contributed by atoms with Crippen LogP contribution in [0.25, 0.3) is 0 Å². The Morgan fingerprint density at radius 2 is 2.00 bits per heavy atom. The number of carbonyl (C=O) groups is 2. The third kappa shape index (κ3) is 5.15. The molecule has 0 radical (unpaired) electrons. The van der Waals surface area contributed by atoms with Crippen LogP contribution in [0.5, 0.6) is 0 Å². The lowest BCUT2D eigenvalue weighted by molar-refractivity contribution is -0.141. The average molecular weight is 451 g/mol. The fraction of sp³-hybridized carbons (Fsp3) is 0.529. The maximum Gasteiger partial charge on any atom is 0.340 e. The van der Waals surface area contributed by atoms with Crippen LogP contribution in [0.15, 0.2) is 17.0 Å². The van der Waals surface area contributed by atoms with Crippen molar-refractivity contribution in [3.8, 4) is 0 Å². The van der Waals surface area contributed by atoms with Gasteiger partial charge in [-0.1, -0.05) is 23.2 Å². The third-order valence-electron chi connectivity index (χ3n) is 4.35. The Morgan fingerprint density at radius 1 is 1.29 bits per heavy atom. The zero-order valence-electron chi connectivity index (χ0n) is 15.1. The van der Waals surface area contributed by atoms with Crippen LogP contribution in [0.1, 0.15) is 30.1 Å². The number of rotatable bonds is 6. The van der Waals surface area contributed by atoms with Crippen molar-refractivity contribution >= 4 is 45.1 Å². The number of esters is 1. The highest BCUT2D eigenvalue weighted by atomic mass is 35.5. The number of morpholine rings is 1. The minimum absolute atomic E-state index is 0.0622. The van der Waals surface area contributed by atoms with Crippen LogP contribution >= 0.6 is 23.2 Å². The molecule has 1 unspecified atom stereocenters. The van der Waals surface area contributed by atoms with Crippen molar-refractivity contribution in [3.05, 3.63) is 27.7 Å². The fourth-order valence-electron chi connectivity index (χ4n) is 2.72. The first-order valence-electron chi connectivity index (χ1n) is 8.75. The second-order valence-electron chi connectivity index (χ2n) is 6.76. The summed E-state index contributed by atoms with van der Waals surface area (Å²) in [5.74, 6) is -1.27. The Hall–Kier alpha value is -1.39. The van der Waals surface area contributed by atoms with Crippen LogP contribution in [-0.4, -0.2) is 63.6 Å². The molecule has 1 saturated heterocycles. The van der Waals surface area contributed by atoms with Gasteiger partial charge in [-0.15, -0.1) is 0 Å². The van der Waals surface area contributed by atoms with E-state index in [0.717, 1.165) is 18.9 Å². The van der Waals surface area contributed by atoms with Crippen molar-refractivity contribution in [2.45, 2.75) is 36.8 Å². The van der Waals surface area contributed by atoms with Crippen LogP contribution in [0, 0.1) is 0 Å². The van der Waals surface area contributed by atoms with Gasteiger partial charge in [0.1, 0.15) is 4.90 Å². The maximum atomic E-state index is 12.4. The van der Waals surface area contributed by atoms with Gasteiger partial charge < -0.3 is 14.4 Å². The molecule has 154 valence electrons. The van der Waals surface area contributed by atoms with Crippen LogP contribution in [0.2, 0.25) is 10.0 Å². The molecule has 2 aliphatic rings. The van der Waals surface area contributed by atoms with Gasteiger partial charge in [-0.3, -0.25) is 4.79 Å². The molecule has 3 rings (SSSR count). The molecule has 28 heavy (non-hydrogen) atoms. The standard InChI is InChI=1S/C17H20Cl2N2O6S/c1-10-8-21(4-5-26-10)16(22)9-27-17(23)12-6-15(14(19)7-13(12)18)28(24,25)20-11-2-3-11/h6-7,10-11,20H,2-5,8-9H2,1H3. The number of nitrogens with zero attached hydrogens (tertiary/aromatic N) is 1. The van der Waals surface area contributed by atoms with E-state index in [-0.39, 0.29) is 38.6 Å². The summed E-state index contributed by atoms with van der Waals surface area (Å²) in [6.45, 7) is 2.60. The lowest BCUT2D eigenvalue weighted by Gasteiger charge is -2.30. The monoisotopic (exact) mass is 450 g/mol. The summed E-state index contributed by atoms with van der Waals surface area (Å²) in [6, 6.07) is 2.12. The Balaban J connectivity index is 1.70. The van der Waals surface area contributed by atoms with E-state index in [2.05, 4.69) is 4.72 Å². The summed E-state index contributed by atoms with van der Waals surface area (Å²) < 4.78 is 37.8. The Bertz CT molecular complexity index is 888. The Labute approximate surface area is 173 Å². The highest BCUT2D eigenvalue weighted by molar-refractivity contribution is 7.89. The van der Waals surface area contributed by atoms with Gasteiger partial charge in [0.05, 0.1) is 28.3 Å². The maximum absolute atomic E-state index is 12.4. The van der Waals surface area contributed by atoms with Crippen molar-refractivity contribution in [1.29, 1.82) is 0 Å². The van der Waals surface area contributed by atoms with E-state index in [0.29, 0.717) is 19.7 Å². The molecular weight excluding hydrogens is 431 g/mol. The highest BCUT2D eigenvalue weighted by Crippen LogP contribution is 2.31. The van der Waals surface area contributed by atoms with E-state index in [9.17, 15) is 18.0 Å². The van der Waals surface area contributed by atoms with Crippen molar-refractivity contribution in [3.63, 3.8) is 0 Å². The van der Waals surface area contributed by atoms with E-state index >= 15 is 0 Å². The molecule has 0 bridgehead atoms. The molecular formula is C17H20Cl2N2O6S. The van der Waals surface area contributed by atoms with E-state index in [1.807, 2.05) is 6.92 Å². The topological polar surface area (TPSA) is 102 Å². The van der Waals surface area contributed by atoms with Crippen molar-refractivity contribution in [2.75, 3.05) is 26.3 Å². The van der Waals surface area contributed by atoms with Crippen LogP contribution in [-0.2, 0) is 24.3 Å². The van der Waals surface area contributed by atoms with E-state index in [4.69, 9.17) is 32.7 Å². The summed E-state index contributed by atoms with van der Waals surface area (Å²) in [6.07, 6.45) is 1.41. The normalized spacial score (nSPS) is 20.1. The van der Waals surface area contributed by atoms with Gasteiger partial charge in [-0.05, 0) is 31.9 Å². The quantitative estimate of drug-likeness (QED) is 0.663. The number of hydrogen-bond acceptors (Lipinski definition) is 6. The summed E-state index contributed by atoms with van der Waals surface area (Å²) >= 11 is 12.0. The Kier molecular flexibility index (Phi) is 6.51. The predicted molar refractivity (Wildman–Crippen MR) is 102 cm³/mol. The molecule has 0 aromatic heterocycles. The summed E-state index contributed by atoms with van der Waals surface area (Å²) in [5.41, 5.74) is -0.176. The van der Waals surface area contributed by atoms with E-state index in [1.54, 1.807) is 4.90 Å². The molecule has 1 heterocycles. The van der Waals surface area contributed by atoms with Gasteiger partial charge in [-0.25, -0.2) is 17.9 Å². The van der Waals surface area contributed by atoms with Gasteiger partial charge in [0.25, 0.3) is 5.91 Å². The van der Waals surface area contributed by atoms with Crippen molar-refractivity contribution in [1.82, 2.24) is 9.62 Å². The number of ether oxygens (including phenoxy) is 2. The molecule has 0 spiro atoms. The first-order chi connectivity index (χ1) is 13.2. The van der Waals surface area contributed by atoms with Gasteiger partial charge in [-0.2, -0.15) is 0 Å². The summed E-state index contributed by atoms with van der Waals surface area (Å²) in [7, 11) is -3.89. The van der Waals surface area contributed by atoms with Crippen LogP contribution < -0.4 is 4.72 Å². The van der Waals surface area contributed by atoms with Crippen LogP contribution in [0.3, 0.4) is 0 Å². The van der Waals surface area contributed by atoms with Gasteiger partial charge >= 0.3 is 5.97 Å². The predicted octanol–water partition coefficient (Wildman–Crippen LogP) is 1.84. The number of amides is 1. The smallest absolute Gasteiger partial charge is 0.340 e. The van der Waals surface area contributed by atoms with E-state index in [1.165, 1.54) is 6.07 Å². The number of nitrogens with one attached hydrogen (secondary N) is 1. The van der Waals surface area contributed by atoms with Gasteiger partial charge in [0.2, 0.25) is 10.0 Å². The number of benzene rings is 1. The molecule has 1 aliphatic heterocycles. The second kappa shape index (κ2) is 8.54. The van der Waals surface area contributed by atoms with Gasteiger partial charge in [0, 0.05) is 19.1 Å². The first kappa shape index (κ1) is 21.3. The van der Waals surface area contributed by atoms with Gasteiger partial charge in [0.15, 0.2) is 6.61 Å². The highest BCUT2D eigenvalue weighted by Gasteiger charge is 2.31. The summed E-state index contributed by atoms with van der Waals surface area (Å²) in [5, 5.41) is -0.166. The number of carbonyl (C=O) groups excluding carboxylic acids is 2. The molecule has 2 fully saturated rings. The molecule has 1 saturated carbocycles. The number of sulfonamides is 1. The Morgan fingerprint density at radius 3 is 2.64 bits per heavy atom. The minimum atomic E-state index is -3.89. The number of hydrogen-bond donors (Lipinski definition) is 1. The first-order valence-corrected chi connectivity index (χ1v) is 11.0. The SMILES string of the molecule is CC1CN(C(=O)COC(=O)c2cc(S(=O)(=O)NC3CC3)c(Cl)cc2Cl)CCO1. The third-order valence-corrected chi connectivity index (χ3v) is 6.65. The zero-order valence-corrected chi connectivity index (χ0v) is 17.4.